The fourth-order valence-corrected chi connectivity index (χ4v) is 4.65. The van der Waals surface area contributed by atoms with Crippen LogP contribution in [0.2, 0.25) is 0 Å². The number of aromatic carboxylic acids is 1. The first-order valence-electron chi connectivity index (χ1n) is 12.2. The quantitative estimate of drug-likeness (QED) is 0.238. The monoisotopic (exact) mass is 528 g/mol. The number of carboxylic acids is 1. The molecule has 3 aliphatic rings. The van der Waals surface area contributed by atoms with Crippen LogP contribution in [-0.2, 0) is 14.4 Å². The number of hydroxylamine groups is 2. The standard InChI is InChI=1S/C29H25N3O7/c1-30(2)16-8-10-18-22(14-16)38-23-15-17(31(3)4)9-11-19(23)26(18)27-20(28(35)36)6-5-7-21(27)29(37)39-32-24(33)12-13-25(32)34/h5-11,14-15H,12-13H2,1-4H3/p+1. The Balaban J connectivity index is 1.85. The molecule has 1 N–H and O–H groups in total. The minimum absolute atomic E-state index is 0.0635. The van der Waals surface area contributed by atoms with E-state index in [0.29, 0.717) is 32.9 Å². The van der Waals surface area contributed by atoms with Gasteiger partial charge in [0.05, 0.1) is 17.2 Å². The second-order valence-electron chi connectivity index (χ2n) is 9.62. The van der Waals surface area contributed by atoms with Gasteiger partial charge in [-0.2, -0.15) is 0 Å². The van der Waals surface area contributed by atoms with Crippen molar-refractivity contribution in [1.82, 2.24) is 9.64 Å². The van der Waals surface area contributed by atoms with Crippen molar-refractivity contribution < 1.29 is 33.5 Å². The van der Waals surface area contributed by atoms with Crippen molar-refractivity contribution in [3.63, 3.8) is 0 Å². The van der Waals surface area contributed by atoms with Crippen LogP contribution in [0.1, 0.15) is 33.6 Å². The minimum Gasteiger partial charge on any atom is -0.478 e. The van der Waals surface area contributed by atoms with Crippen molar-refractivity contribution in [2.75, 3.05) is 33.1 Å². The molecule has 0 atom stereocenters. The summed E-state index contributed by atoms with van der Waals surface area (Å²) in [6.07, 6.45) is -0.127. The lowest BCUT2D eigenvalue weighted by atomic mass is 9.87. The van der Waals surface area contributed by atoms with Gasteiger partial charge in [0.15, 0.2) is 0 Å². The van der Waals surface area contributed by atoms with Crippen molar-refractivity contribution >= 4 is 40.4 Å². The molecule has 10 heteroatoms. The molecule has 0 unspecified atom stereocenters. The summed E-state index contributed by atoms with van der Waals surface area (Å²) in [6, 6.07) is 15.3. The Morgan fingerprint density at radius 2 is 1.64 bits per heavy atom. The van der Waals surface area contributed by atoms with Crippen LogP contribution < -0.4 is 14.8 Å². The number of carboxylic acid groups (broad SMARTS) is 1. The zero-order valence-electron chi connectivity index (χ0n) is 21.8. The van der Waals surface area contributed by atoms with E-state index < -0.39 is 23.8 Å². The fraction of sp³-hybridized carbons (Fsp3) is 0.207. The molecule has 2 amide bonds. The lowest BCUT2D eigenvalue weighted by molar-refractivity contribution is -0.172. The molecule has 2 aliphatic heterocycles. The highest BCUT2D eigenvalue weighted by Gasteiger charge is 2.35. The number of amides is 2. The average molecular weight is 529 g/mol. The van der Waals surface area contributed by atoms with E-state index >= 15 is 0 Å². The third-order valence-electron chi connectivity index (χ3n) is 6.67. The van der Waals surface area contributed by atoms with Gasteiger partial charge in [-0.25, -0.2) is 14.2 Å². The Kier molecular flexibility index (Phi) is 6.39. The first-order valence-corrected chi connectivity index (χ1v) is 12.2. The fourth-order valence-electron chi connectivity index (χ4n) is 4.65. The second kappa shape index (κ2) is 9.71. The molecule has 198 valence electrons. The summed E-state index contributed by atoms with van der Waals surface area (Å²) in [5.74, 6) is -3.07. The number of hydrogen-bond donors (Lipinski definition) is 1. The summed E-state index contributed by atoms with van der Waals surface area (Å²) in [7, 11) is 7.56. The lowest BCUT2D eigenvalue weighted by Crippen LogP contribution is -2.32. The maximum absolute atomic E-state index is 13.4. The number of nitrogens with zero attached hydrogens (tertiary/aromatic N) is 3. The second-order valence-corrected chi connectivity index (χ2v) is 9.62. The molecule has 0 saturated carbocycles. The summed E-state index contributed by atoms with van der Waals surface area (Å²) >= 11 is 0. The molecule has 2 aromatic carbocycles. The molecule has 10 nitrogen and oxygen atoms in total. The molecular weight excluding hydrogens is 502 g/mol. The van der Waals surface area contributed by atoms with Gasteiger partial charge >= 0.3 is 11.9 Å². The van der Waals surface area contributed by atoms with E-state index in [2.05, 4.69) is 0 Å². The summed E-state index contributed by atoms with van der Waals surface area (Å²) in [5.41, 5.74) is 2.19. The van der Waals surface area contributed by atoms with Crippen molar-refractivity contribution in [2.45, 2.75) is 12.8 Å². The molecule has 2 heterocycles. The third-order valence-corrected chi connectivity index (χ3v) is 6.67. The molecule has 0 radical (unpaired) electrons. The molecule has 1 saturated heterocycles. The zero-order valence-corrected chi connectivity index (χ0v) is 21.8. The van der Waals surface area contributed by atoms with E-state index in [1.807, 2.05) is 74.1 Å². The predicted molar refractivity (Wildman–Crippen MR) is 143 cm³/mol. The van der Waals surface area contributed by atoms with E-state index in [9.17, 15) is 24.3 Å². The third kappa shape index (κ3) is 4.50. The van der Waals surface area contributed by atoms with E-state index in [1.165, 1.54) is 18.2 Å². The molecular formula is C29H26N3O7+. The summed E-state index contributed by atoms with van der Waals surface area (Å²) in [6.45, 7) is 0. The van der Waals surface area contributed by atoms with Crippen LogP contribution in [0.4, 0.5) is 5.69 Å². The first-order chi connectivity index (χ1) is 18.6. The molecule has 2 aromatic rings. The maximum atomic E-state index is 13.4. The highest BCUT2D eigenvalue weighted by Crippen LogP contribution is 2.43. The molecule has 1 fully saturated rings. The first kappa shape index (κ1) is 25.7. The van der Waals surface area contributed by atoms with Crippen molar-refractivity contribution in [1.29, 1.82) is 0 Å². The van der Waals surface area contributed by atoms with Gasteiger partial charge in [0.25, 0.3) is 11.8 Å². The van der Waals surface area contributed by atoms with Gasteiger partial charge in [-0.3, -0.25) is 9.59 Å². The normalized spacial score (nSPS) is 13.3. The van der Waals surface area contributed by atoms with E-state index in [0.717, 1.165) is 11.0 Å². The van der Waals surface area contributed by atoms with Gasteiger partial charge in [-0.05, 0) is 30.3 Å². The number of benzene rings is 3. The van der Waals surface area contributed by atoms with Gasteiger partial charge < -0.3 is 19.3 Å². The van der Waals surface area contributed by atoms with Gasteiger partial charge in [0, 0.05) is 66.8 Å². The van der Waals surface area contributed by atoms with Crippen LogP contribution >= 0.6 is 0 Å². The molecule has 0 bridgehead atoms. The number of rotatable bonds is 5. The number of carbonyl (C=O) groups excluding carboxylic acids is 3. The Morgan fingerprint density at radius 3 is 2.28 bits per heavy atom. The number of hydrogen-bond acceptors (Lipinski definition) is 7. The van der Waals surface area contributed by atoms with Crippen LogP contribution in [0, 0.1) is 0 Å². The lowest BCUT2D eigenvalue weighted by Gasteiger charge is -2.21. The molecule has 0 spiro atoms. The minimum atomic E-state index is -1.26. The van der Waals surface area contributed by atoms with Crippen LogP contribution in [-0.4, -0.2) is 62.1 Å². The van der Waals surface area contributed by atoms with Crippen molar-refractivity contribution in [3.8, 4) is 22.5 Å². The van der Waals surface area contributed by atoms with Crippen LogP contribution in [0.3, 0.4) is 0 Å². The largest absolute Gasteiger partial charge is 0.478 e. The van der Waals surface area contributed by atoms with Crippen molar-refractivity contribution in [3.05, 3.63) is 71.1 Å². The summed E-state index contributed by atoms with van der Waals surface area (Å²) in [4.78, 5) is 57.2. The average Bonchev–Trinajstić information content (AvgIpc) is 3.22. The number of imide groups is 1. The van der Waals surface area contributed by atoms with Crippen molar-refractivity contribution in [2.24, 2.45) is 0 Å². The smallest absolute Gasteiger partial charge is 0.364 e. The molecule has 39 heavy (non-hydrogen) atoms. The predicted octanol–water partition coefficient (Wildman–Crippen LogP) is 3.22. The Bertz CT molecular complexity index is 1710. The molecule has 1 aliphatic carbocycles. The number of anilines is 1. The Hall–Kier alpha value is -4.99. The number of carbonyl (C=O) groups is 4. The van der Waals surface area contributed by atoms with E-state index in [4.69, 9.17) is 9.25 Å². The molecule has 0 aromatic heterocycles. The topological polar surface area (TPSA) is 120 Å². The Morgan fingerprint density at radius 1 is 0.949 bits per heavy atom. The summed E-state index contributed by atoms with van der Waals surface area (Å²) in [5, 5.41) is 12.0. The van der Waals surface area contributed by atoms with Gasteiger partial charge in [0.2, 0.25) is 5.36 Å². The van der Waals surface area contributed by atoms with Gasteiger partial charge in [-0.1, -0.05) is 6.07 Å². The highest BCUT2D eigenvalue weighted by molar-refractivity contribution is 6.14. The van der Waals surface area contributed by atoms with E-state index in [-0.39, 0.29) is 29.5 Å². The van der Waals surface area contributed by atoms with Gasteiger partial charge in [-0.15, -0.1) is 5.06 Å². The highest BCUT2D eigenvalue weighted by atomic mass is 16.7. The van der Waals surface area contributed by atoms with Crippen LogP contribution in [0.5, 0.6) is 0 Å². The zero-order chi connectivity index (χ0) is 28.0. The van der Waals surface area contributed by atoms with E-state index in [1.54, 1.807) is 0 Å². The SMILES string of the molecule is CN(C)c1ccc2c(-c3c(C(=O)O)cccc3C(=O)ON3C(=O)CCC3=O)c3ccc(=[N+](C)C)cc-3oc2c1. The number of fused-ring (bicyclic) bond motifs is 2. The van der Waals surface area contributed by atoms with Crippen LogP contribution in [0.15, 0.2) is 59.0 Å². The maximum Gasteiger partial charge on any atom is 0.364 e. The van der Waals surface area contributed by atoms with Gasteiger partial charge in [0.1, 0.15) is 25.4 Å². The Labute approximate surface area is 223 Å². The summed E-state index contributed by atoms with van der Waals surface area (Å²) < 4.78 is 8.22. The van der Waals surface area contributed by atoms with Crippen LogP contribution in [0.25, 0.3) is 33.4 Å². The molecule has 5 rings (SSSR count).